The summed E-state index contributed by atoms with van der Waals surface area (Å²) in [5, 5.41) is 15.2. The van der Waals surface area contributed by atoms with Crippen LogP contribution in [0.2, 0.25) is 0 Å². The number of likely N-dealkylation sites (tertiary alicyclic amines) is 1. The lowest BCUT2D eigenvalue weighted by Crippen LogP contribution is -3.08. The molecular formula is C21H25N3O3. The van der Waals surface area contributed by atoms with Crippen molar-refractivity contribution in [3.63, 3.8) is 0 Å². The molecule has 0 spiro atoms. The first kappa shape index (κ1) is 18.9. The Morgan fingerprint density at radius 1 is 1.15 bits per heavy atom. The van der Waals surface area contributed by atoms with Crippen LogP contribution >= 0.6 is 0 Å². The number of carbonyl (C=O) groups is 1. The molecule has 1 fully saturated rings. The molecule has 1 aliphatic heterocycles. The van der Waals surface area contributed by atoms with Gasteiger partial charge in [0.2, 0.25) is 0 Å². The van der Waals surface area contributed by atoms with E-state index in [1.807, 2.05) is 19.1 Å². The molecule has 1 aliphatic rings. The summed E-state index contributed by atoms with van der Waals surface area (Å²) in [7, 11) is 1.70. The van der Waals surface area contributed by atoms with Gasteiger partial charge in [-0.25, -0.2) is 0 Å². The van der Waals surface area contributed by atoms with Crippen molar-refractivity contribution >= 4 is 17.4 Å². The van der Waals surface area contributed by atoms with Crippen molar-refractivity contribution in [3.05, 3.63) is 59.2 Å². The normalized spacial score (nSPS) is 15.0. The van der Waals surface area contributed by atoms with Crippen molar-refractivity contribution in [2.24, 2.45) is 5.10 Å². The van der Waals surface area contributed by atoms with Crippen LogP contribution in [0.15, 0.2) is 47.6 Å². The van der Waals surface area contributed by atoms with Crippen LogP contribution in [0, 0.1) is 0 Å². The van der Waals surface area contributed by atoms with Gasteiger partial charge >= 0.3 is 0 Å². The van der Waals surface area contributed by atoms with E-state index in [2.05, 4.69) is 16.6 Å². The number of hydrogen-bond donors (Lipinski definition) is 2. The molecule has 27 heavy (non-hydrogen) atoms. The molecule has 0 radical (unpaired) electrons. The van der Waals surface area contributed by atoms with E-state index in [4.69, 9.17) is 4.74 Å². The predicted octanol–water partition coefficient (Wildman–Crippen LogP) is 1.07. The van der Waals surface area contributed by atoms with Crippen LogP contribution < -0.4 is 20.2 Å². The van der Waals surface area contributed by atoms with Gasteiger partial charge in [0, 0.05) is 18.4 Å². The van der Waals surface area contributed by atoms with Gasteiger partial charge in [0.1, 0.15) is 12.3 Å². The lowest BCUT2D eigenvalue weighted by Gasteiger charge is -2.15. The highest BCUT2D eigenvalue weighted by Crippen LogP contribution is 2.20. The minimum absolute atomic E-state index is 0.144. The molecule has 6 nitrogen and oxygen atoms in total. The van der Waals surface area contributed by atoms with E-state index in [0.717, 1.165) is 29.3 Å². The Bertz CT molecular complexity index is 825. The van der Waals surface area contributed by atoms with Crippen LogP contribution in [0.3, 0.4) is 0 Å². The van der Waals surface area contributed by atoms with Crippen LogP contribution in [-0.2, 0) is 6.54 Å². The molecule has 6 heteroatoms. The van der Waals surface area contributed by atoms with Gasteiger partial charge < -0.3 is 19.5 Å². The number of hydrogen-bond acceptors (Lipinski definition) is 5. The number of benzene rings is 2. The maximum Gasteiger partial charge on any atom is 0.127 e. The number of carboxylic acids is 1. The van der Waals surface area contributed by atoms with E-state index in [-0.39, 0.29) is 5.56 Å². The van der Waals surface area contributed by atoms with E-state index in [0.29, 0.717) is 0 Å². The van der Waals surface area contributed by atoms with Crippen molar-refractivity contribution in [2.45, 2.75) is 26.3 Å². The highest BCUT2D eigenvalue weighted by Gasteiger charge is 2.18. The quantitative estimate of drug-likeness (QED) is 0.567. The fraction of sp³-hybridized carbons (Fsp3) is 0.333. The Balaban J connectivity index is 1.73. The summed E-state index contributed by atoms with van der Waals surface area (Å²) in [6.07, 6.45) is 2.58. The number of nitrogens with zero attached hydrogens (tertiary/aromatic N) is 1. The predicted molar refractivity (Wildman–Crippen MR) is 103 cm³/mol. The number of methoxy groups -OCH3 is 1. The molecule has 0 amide bonds. The molecule has 2 N–H and O–H groups in total. The largest absolute Gasteiger partial charge is 0.545 e. The Labute approximate surface area is 159 Å². The summed E-state index contributed by atoms with van der Waals surface area (Å²) in [4.78, 5) is 12.4. The molecule has 3 rings (SSSR count). The van der Waals surface area contributed by atoms with Gasteiger partial charge in [-0.3, -0.25) is 5.43 Å². The maximum atomic E-state index is 10.8. The van der Waals surface area contributed by atoms with Crippen molar-refractivity contribution < 1.29 is 19.5 Å². The highest BCUT2D eigenvalue weighted by atomic mass is 16.5. The minimum atomic E-state index is -1.19. The fourth-order valence-electron chi connectivity index (χ4n) is 3.36. The van der Waals surface area contributed by atoms with E-state index in [9.17, 15) is 9.90 Å². The standard InChI is InChI=1S/C21H25N3O3/c1-15(22-23-19-8-5-16(6-9-19)21(25)26)17-7-10-20(27-2)18(13-17)14-24-11-3-4-12-24/h5-10,13,23H,3-4,11-12,14H2,1-2H3,(H,25,26)/b22-15-. The SMILES string of the molecule is COc1ccc(/C(C)=N\Nc2ccc(C(=O)[O-])cc2)cc1C[NH+]1CCCC1. The average Bonchev–Trinajstić information content (AvgIpc) is 3.19. The first-order valence-corrected chi connectivity index (χ1v) is 9.19. The second-order valence-electron chi connectivity index (χ2n) is 6.83. The summed E-state index contributed by atoms with van der Waals surface area (Å²) in [5.41, 5.74) is 6.90. The molecule has 0 bridgehead atoms. The van der Waals surface area contributed by atoms with Crippen LogP contribution in [0.25, 0.3) is 0 Å². The highest BCUT2D eigenvalue weighted by molar-refractivity contribution is 5.99. The molecule has 2 aromatic rings. The van der Waals surface area contributed by atoms with Gasteiger partial charge in [-0.2, -0.15) is 5.10 Å². The number of anilines is 1. The van der Waals surface area contributed by atoms with Gasteiger partial charge in [-0.15, -0.1) is 0 Å². The number of aromatic carboxylic acids is 1. The summed E-state index contributed by atoms with van der Waals surface area (Å²) in [6.45, 7) is 5.33. The first-order valence-electron chi connectivity index (χ1n) is 9.19. The monoisotopic (exact) mass is 367 g/mol. The third-order valence-electron chi connectivity index (χ3n) is 4.92. The first-order chi connectivity index (χ1) is 13.1. The van der Waals surface area contributed by atoms with E-state index < -0.39 is 5.97 Å². The number of carbonyl (C=O) groups excluding carboxylic acids is 1. The van der Waals surface area contributed by atoms with E-state index >= 15 is 0 Å². The molecule has 0 atom stereocenters. The number of hydrazone groups is 1. The molecule has 2 aromatic carbocycles. The van der Waals surface area contributed by atoms with Crippen LogP contribution in [0.1, 0.15) is 41.3 Å². The second kappa shape index (κ2) is 8.68. The number of quaternary nitrogens is 1. The van der Waals surface area contributed by atoms with Gasteiger partial charge in [0.15, 0.2) is 0 Å². The Hall–Kier alpha value is -2.86. The Morgan fingerprint density at radius 2 is 1.81 bits per heavy atom. The van der Waals surface area contributed by atoms with Crippen LogP contribution in [0.5, 0.6) is 5.75 Å². The molecule has 0 aromatic heterocycles. The lowest BCUT2D eigenvalue weighted by molar-refractivity contribution is -0.901. The Morgan fingerprint density at radius 3 is 2.44 bits per heavy atom. The van der Waals surface area contributed by atoms with Gasteiger partial charge in [0.25, 0.3) is 0 Å². The number of carboxylic acid groups (broad SMARTS) is 1. The average molecular weight is 367 g/mol. The molecule has 0 saturated carbocycles. The van der Waals surface area contributed by atoms with Gasteiger partial charge in [-0.05, 0) is 48.4 Å². The molecule has 0 aliphatic carbocycles. The molecule has 1 saturated heterocycles. The minimum Gasteiger partial charge on any atom is -0.545 e. The van der Waals surface area contributed by atoms with Crippen molar-refractivity contribution in [2.75, 3.05) is 25.6 Å². The van der Waals surface area contributed by atoms with Crippen molar-refractivity contribution in [3.8, 4) is 5.75 Å². The topological polar surface area (TPSA) is 78.2 Å². The zero-order valence-electron chi connectivity index (χ0n) is 15.7. The summed E-state index contributed by atoms with van der Waals surface area (Å²) >= 11 is 0. The smallest absolute Gasteiger partial charge is 0.127 e. The van der Waals surface area contributed by atoms with Gasteiger partial charge in [-0.1, -0.05) is 12.1 Å². The van der Waals surface area contributed by atoms with E-state index in [1.54, 1.807) is 24.1 Å². The van der Waals surface area contributed by atoms with E-state index in [1.165, 1.54) is 43.6 Å². The van der Waals surface area contributed by atoms with Crippen LogP contribution in [-0.4, -0.2) is 31.9 Å². The zero-order chi connectivity index (χ0) is 19.2. The summed E-state index contributed by atoms with van der Waals surface area (Å²) in [5.74, 6) is -0.274. The second-order valence-corrected chi connectivity index (χ2v) is 6.83. The fourth-order valence-corrected chi connectivity index (χ4v) is 3.36. The van der Waals surface area contributed by atoms with Gasteiger partial charge in [0.05, 0.1) is 37.6 Å². The summed E-state index contributed by atoms with van der Waals surface area (Å²) in [6, 6.07) is 12.5. The molecule has 142 valence electrons. The summed E-state index contributed by atoms with van der Waals surface area (Å²) < 4.78 is 5.53. The molecular weight excluding hydrogens is 342 g/mol. The molecule has 1 heterocycles. The number of ether oxygens (including phenoxy) is 1. The van der Waals surface area contributed by atoms with Crippen molar-refractivity contribution in [1.82, 2.24) is 0 Å². The van der Waals surface area contributed by atoms with Crippen LogP contribution in [0.4, 0.5) is 5.69 Å². The molecule has 0 unspecified atom stereocenters. The third kappa shape index (κ3) is 4.86. The zero-order valence-corrected chi connectivity index (χ0v) is 15.7. The maximum absolute atomic E-state index is 10.8. The van der Waals surface area contributed by atoms with Crippen molar-refractivity contribution in [1.29, 1.82) is 0 Å². The lowest BCUT2D eigenvalue weighted by atomic mass is 10.1. The number of nitrogens with one attached hydrogen (secondary N) is 2. The number of rotatable bonds is 7. The Kier molecular flexibility index (Phi) is 6.08. The third-order valence-corrected chi connectivity index (χ3v) is 4.92.